The van der Waals surface area contributed by atoms with Crippen LogP contribution >= 0.6 is 0 Å². The number of unbranched alkanes of at least 4 members (excludes halogenated alkanes) is 1. The number of anilines is 1. The number of rotatable bonds is 10. The van der Waals surface area contributed by atoms with Crippen molar-refractivity contribution in [2.45, 2.75) is 51.2 Å². The first-order chi connectivity index (χ1) is 14.5. The number of halogens is 1. The number of hydrogen-bond donors (Lipinski definition) is 1. The Bertz CT molecular complexity index is 773. The van der Waals surface area contributed by atoms with Crippen molar-refractivity contribution in [2.75, 3.05) is 38.2 Å². The smallest absolute Gasteiger partial charge is 0.123 e. The summed E-state index contributed by atoms with van der Waals surface area (Å²) in [4.78, 5) is 4.48. The topological polar surface area (TPSA) is 35.9 Å². The van der Waals surface area contributed by atoms with Crippen molar-refractivity contribution in [1.82, 2.24) is 4.90 Å². The van der Waals surface area contributed by atoms with Crippen LogP contribution in [0.1, 0.15) is 44.6 Å². The zero-order valence-electron chi connectivity index (χ0n) is 18.3. The summed E-state index contributed by atoms with van der Waals surface area (Å²) in [5.74, 6) is 0.717. The van der Waals surface area contributed by atoms with Gasteiger partial charge in [-0.3, -0.25) is 4.90 Å². The lowest BCUT2D eigenvalue weighted by Crippen LogP contribution is -2.45. The molecule has 1 aliphatic heterocycles. The minimum Gasteiger partial charge on any atom is -0.494 e. The van der Waals surface area contributed by atoms with E-state index in [9.17, 15) is 9.50 Å². The van der Waals surface area contributed by atoms with Gasteiger partial charge in [0.1, 0.15) is 11.6 Å². The van der Waals surface area contributed by atoms with E-state index in [0.717, 1.165) is 81.9 Å². The molecule has 0 aliphatic carbocycles. The molecule has 0 saturated carbocycles. The zero-order chi connectivity index (χ0) is 21.4. The molecule has 0 radical (unpaired) electrons. The van der Waals surface area contributed by atoms with Crippen molar-refractivity contribution >= 4 is 5.69 Å². The summed E-state index contributed by atoms with van der Waals surface area (Å²) in [6, 6.07) is 15.0. The van der Waals surface area contributed by atoms with Gasteiger partial charge in [0.15, 0.2) is 0 Å². The van der Waals surface area contributed by atoms with Crippen molar-refractivity contribution in [3.63, 3.8) is 0 Å². The van der Waals surface area contributed by atoms with Crippen LogP contribution in [0.2, 0.25) is 0 Å². The lowest BCUT2D eigenvalue weighted by Gasteiger charge is -2.39. The average Bonchev–Trinajstić information content (AvgIpc) is 2.75. The first-order valence-electron chi connectivity index (χ1n) is 11.1. The number of ether oxygens (including phenoxy) is 1. The Labute approximate surface area is 180 Å². The Morgan fingerprint density at radius 3 is 2.53 bits per heavy atom. The highest BCUT2D eigenvalue weighted by atomic mass is 19.1. The molecule has 0 amide bonds. The summed E-state index contributed by atoms with van der Waals surface area (Å²) < 4.78 is 19.1. The molecule has 4 nitrogen and oxygen atoms in total. The number of hydrogen-bond acceptors (Lipinski definition) is 4. The van der Waals surface area contributed by atoms with Gasteiger partial charge in [-0.1, -0.05) is 25.5 Å². The number of aliphatic hydroxyl groups is 1. The Kier molecular flexibility index (Phi) is 8.11. The minimum atomic E-state index is -0.629. The SMILES string of the molecule is CCCCOc1ccc(N(C)CCC2(O)CCN(Cc3cccc(F)c3)CC2)cc1. The number of benzene rings is 2. The third-order valence-electron chi connectivity index (χ3n) is 6.04. The fourth-order valence-corrected chi connectivity index (χ4v) is 3.91. The second kappa shape index (κ2) is 10.8. The molecule has 0 spiro atoms. The second-order valence-corrected chi connectivity index (χ2v) is 8.50. The molecular formula is C25H35FN2O2. The maximum atomic E-state index is 13.4. The van der Waals surface area contributed by atoms with Crippen molar-refractivity contribution in [3.05, 3.63) is 59.9 Å². The molecule has 164 valence electrons. The number of likely N-dealkylation sites (tertiary alicyclic amines) is 1. The quantitative estimate of drug-likeness (QED) is 0.564. The molecule has 1 N–H and O–H groups in total. The third kappa shape index (κ3) is 6.71. The lowest BCUT2D eigenvalue weighted by atomic mass is 9.88. The highest BCUT2D eigenvalue weighted by molar-refractivity contribution is 5.48. The first-order valence-corrected chi connectivity index (χ1v) is 11.1. The minimum absolute atomic E-state index is 0.190. The van der Waals surface area contributed by atoms with Crippen molar-refractivity contribution in [2.24, 2.45) is 0 Å². The van der Waals surface area contributed by atoms with Crippen molar-refractivity contribution in [3.8, 4) is 5.75 Å². The van der Waals surface area contributed by atoms with E-state index in [0.29, 0.717) is 0 Å². The lowest BCUT2D eigenvalue weighted by molar-refractivity contribution is -0.0275. The van der Waals surface area contributed by atoms with Crippen LogP contribution in [-0.2, 0) is 6.54 Å². The predicted octanol–water partition coefficient (Wildman–Crippen LogP) is 4.86. The van der Waals surface area contributed by atoms with Crippen LogP contribution < -0.4 is 9.64 Å². The molecule has 30 heavy (non-hydrogen) atoms. The van der Waals surface area contributed by atoms with Crippen molar-refractivity contribution < 1.29 is 14.2 Å². The molecule has 2 aromatic rings. The fourth-order valence-electron chi connectivity index (χ4n) is 3.91. The van der Waals surface area contributed by atoms with E-state index in [-0.39, 0.29) is 5.82 Å². The Morgan fingerprint density at radius 2 is 1.87 bits per heavy atom. The summed E-state index contributed by atoms with van der Waals surface area (Å²) in [6.07, 6.45) is 4.44. The van der Waals surface area contributed by atoms with Gasteiger partial charge in [0.25, 0.3) is 0 Å². The summed E-state index contributed by atoms with van der Waals surface area (Å²) in [7, 11) is 2.06. The maximum absolute atomic E-state index is 13.4. The Hall–Kier alpha value is -2.11. The predicted molar refractivity (Wildman–Crippen MR) is 121 cm³/mol. The van der Waals surface area contributed by atoms with Crippen LogP contribution in [0.3, 0.4) is 0 Å². The van der Waals surface area contributed by atoms with Crippen LogP contribution in [0, 0.1) is 5.82 Å². The van der Waals surface area contributed by atoms with Gasteiger partial charge in [-0.2, -0.15) is 0 Å². The monoisotopic (exact) mass is 414 g/mol. The number of piperidine rings is 1. The van der Waals surface area contributed by atoms with E-state index in [1.165, 1.54) is 6.07 Å². The van der Waals surface area contributed by atoms with E-state index in [1.807, 2.05) is 18.2 Å². The second-order valence-electron chi connectivity index (χ2n) is 8.50. The normalized spacial score (nSPS) is 16.4. The molecular weight excluding hydrogens is 379 g/mol. The molecule has 3 rings (SSSR count). The maximum Gasteiger partial charge on any atom is 0.123 e. The zero-order valence-corrected chi connectivity index (χ0v) is 18.3. The van der Waals surface area contributed by atoms with E-state index >= 15 is 0 Å². The average molecular weight is 415 g/mol. The van der Waals surface area contributed by atoms with Crippen molar-refractivity contribution in [1.29, 1.82) is 0 Å². The Balaban J connectivity index is 1.43. The highest BCUT2D eigenvalue weighted by Crippen LogP contribution is 2.28. The van der Waals surface area contributed by atoms with Gasteiger partial charge in [-0.15, -0.1) is 0 Å². The van der Waals surface area contributed by atoms with Crippen LogP contribution in [0.4, 0.5) is 10.1 Å². The summed E-state index contributed by atoms with van der Waals surface area (Å²) in [5, 5.41) is 11.0. The van der Waals surface area contributed by atoms with Crippen LogP contribution in [-0.4, -0.2) is 48.9 Å². The van der Waals surface area contributed by atoms with E-state index in [4.69, 9.17) is 4.74 Å². The van der Waals surface area contributed by atoms with Crippen LogP contribution in [0.5, 0.6) is 5.75 Å². The molecule has 2 aromatic carbocycles. The molecule has 0 unspecified atom stereocenters. The van der Waals surface area contributed by atoms with Crippen LogP contribution in [0.15, 0.2) is 48.5 Å². The van der Waals surface area contributed by atoms with Gasteiger partial charge in [0.05, 0.1) is 12.2 Å². The fraction of sp³-hybridized carbons (Fsp3) is 0.520. The van der Waals surface area contributed by atoms with Gasteiger partial charge in [0.2, 0.25) is 0 Å². The molecule has 0 bridgehead atoms. The van der Waals surface area contributed by atoms with Gasteiger partial charge < -0.3 is 14.7 Å². The molecule has 0 aromatic heterocycles. The molecule has 1 heterocycles. The highest BCUT2D eigenvalue weighted by Gasteiger charge is 2.32. The molecule has 5 heteroatoms. The van der Waals surface area contributed by atoms with E-state index in [2.05, 4.69) is 35.9 Å². The van der Waals surface area contributed by atoms with Gasteiger partial charge in [-0.25, -0.2) is 4.39 Å². The summed E-state index contributed by atoms with van der Waals surface area (Å²) in [6.45, 7) is 6.12. The molecule has 1 saturated heterocycles. The molecule has 0 atom stereocenters. The number of nitrogens with zero attached hydrogens (tertiary/aromatic N) is 2. The standard InChI is InChI=1S/C25H35FN2O2/c1-3-4-18-30-24-10-8-23(9-11-24)27(2)15-12-25(29)13-16-28(17-14-25)20-21-6-5-7-22(26)19-21/h5-11,19,29H,3-4,12-18,20H2,1-2H3. The van der Waals surface area contributed by atoms with Crippen LogP contribution in [0.25, 0.3) is 0 Å². The molecule has 1 aliphatic rings. The third-order valence-corrected chi connectivity index (χ3v) is 6.04. The largest absolute Gasteiger partial charge is 0.494 e. The van der Waals surface area contributed by atoms with Gasteiger partial charge in [0, 0.05) is 38.9 Å². The first kappa shape index (κ1) is 22.6. The Morgan fingerprint density at radius 1 is 1.13 bits per heavy atom. The van der Waals surface area contributed by atoms with Gasteiger partial charge in [-0.05, 0) is 67.6 Å². The van der Waals surface area contributed by atoms with E-state index < -0.39 is 5.60 Å². The molecule has 1 fully saturated rings. The summed E-state index contributed by atoms with van der Waals surface area (Å²) >= 11 is 0. The van der Waals surface area contributed by atoms with E-state index in [1.54, 1.807) is 12.1 Å². The van der Waals surface area contributed by atoms with Gasteiger partial charge >= 0.3 is 0 Å². The summed E-state index contributed by atoms with van der Waals surface area (Å²) in [5.41, 5.74) is 1.49.